The van der Waals surface area contributed by atoms with E-state index in [1.165, 1.54) is 16.9 Å². The van der Waals surface area contributed by atoms with E-state index in [0.29, 0.717) is 22.6 Å². The number of nitrogens with zero attached hydrogens (tertiary/aromatic N) is 7. The van der Waals surface area contributed by atoms with E-state index in [1.807, 2.05) is 51.5 Å². The van der Waals surface area contributed by atoms with Crippen molar-refractivity contribution in [2.45, 2.75) is 38.6 Å². The van der Waals surface area contributed by atoms with Gasteiger partial charge in [-0.2, -0.15) is 5.10 Å². The smallest absolute Gasteiger partial charge is 0.247 e. The Morgan fingerprint density at radius 2 is 1.92 bits per heavy atom. The summed E-state index contributed by atoms with van der Waals surface area (Å²) in [4.78, 5) is 8.90. The van der Waals surface area contributed by atoms with Crippen molar-refractivity contribution in [1.29, 1.82) is 0 Å². The van der Waals surface area contributed by atoms with E-state index in [-0.39, 0.29) is 6.04 Å². The second-order valence-corrected chi connectivity index (χ2v) is 10.4. The number of aryl methyl sites for hydroxylation is 1. The van der Waals surface area contributed by atoms with Gasteiger partial charge in [0.05, 0.1) is 5.69 Å². The predicted molar refractivity (Wildman–Crippen MR) is 146 cm³/mol. The molecule has 0 radical (unpaired) electrons. The van der Waals surface area contributed by atoms with Crippen LogP contribution in [0.25, 0.3) is 17.1 Å². The molecule has 1 aliphatic heterocycles. The first-order valence-corrected chi connectivity index (χ1v) is 13.6. The van der Waals surface area contributed by atoms with Crippen molar-refractivity contribution in [3.05, 3.63) is 94.9 Å². The lowest BCUT2D eigenvalue weighted by atomic mass is 10.0. The molecule has 38 heavy (non-hydrogen) atoms. The molecule has 1 N–H and O–H groups in total. The van der Waals surface area contributed by atoms with Gasteiger partial charge in [0, 0.05) is 62.0 Å². The molecule has 1 unspecified atom stereocenters. The Balaban J connectivity index is 1.24. The van der Waals surface area contributed by atoms with Crippen molar-refractivity contribution in [2.24, 2.45) is 0 Å². The van der Waals surface area contributed by atoms with Gasteiger partial charge in [0.25, 0.3) is 0 Å². The minimum absolute atomic E-state index is 0.136. The lowest BCUT2D eigenvalue weighted by molar-refractivity contribution is 0.131. The van der Waals surface area contributed by atoms with Crippen LogP contribution < -0.4 is 4.90 Å². The van der Waals surface area contributed by atoms with Gasteiger partial charge < -0.3 is 14.4 Å². The zero-order valence-corrected chi connectivity index (χ0v) is 21.9. The minimum atomic E-state index is -0.864. The van der Waals surface area contributed by atoms with Crippen LogP contribution >= 0.6 is 11.3 Å². The van der Waals surface area contributed by atoms with Gasteiger partial charge in [-0.1, -0.05) is 36.4 Å². The highest BCUT2D eigenvalue weighted by Gasteiger charge is 2.32. The predicted octanol–water partition coefficient (Wildman–Crippen LogP) is 4.85. The van der Waals surface area contributed by atoms with Gasteiger partial charge >= 0.3 is 0 Å². The zero-order valence-electron chi connectivity index (χ0n) is 21.1. The average Bonchev–Trinajstić information content (AvgIpc) is 3.73. The third kappa shape index (κ3) is 5.24. The van der Waals surface area contributed by atoms with E-state index >= 15 is 0 Å². The molecule has 0 saturated carbocycles. The van der Waals surface area contributed by atoms with E-state index in [4.69, 9.17) is 9.52 Å². The van der Waals surface area contributed by atoms with E-state index in [1.54, 1.807) is 13.1 Å². The Hall–Kier alpha value is -3.86. The molecule has 0 aliphatic carbocycles. The average molecular weight is 528 g/mol. The van der Waals surface area contributed by atoms with Crippen molar-refractivity contribution in [1.82, 2.24) is 29.9 Å². The molecule has 1 aliphatic rings. The molecule has 9 nitrogen and oxygen atoms in total. The van der Waals surface area contributed by atoms with Crippen LogP contribution in [0.4, 0.5) is 5.82 Å². The third-order valence-corrected chi connectivity index (χ3v) is 7.67. The number of benzene rings is 2. The standard InChI is InChI=1S/C28H29N7O2S/c1-20-30-31-26(37-20)22-8-5-9-24(18-22)34-16-12-25(32-34)35(28(36)27-29-13-17-38-27)23-10-14-33(15-11-23)19-21-6-3-2-4-7-21/h2-9,12-13,16-18,23,28,36H,10-11,14-15,19H2,1H3. The van der Waals surface area contributed by atoms with Crippen LogP contribution in [0, 0.1) is 6.92 Å². The normalized spacial score (nSPS) is 15.5. The van der Waals surface area contributed by atoms with Crippen molar-refractivity contribution < 1.29 is 9.52 Å². The van der Waals surface area contributed by atoms with Crippen molar-refractivity contribution in [3.63, 3.8) is 0 Å². The molecule has 4 heterocycles. The largest absolute Gasteiger partial charge is 0.421 e. The highest BCUT2D eigenvalue weighted by Crippen LogP contribution is 2.32. The molecule has 194 valence electrons. The molecule has 5 aromatic rings. The summed E-state index contributed by atoms with van der Waals surface area (Å²) in [5.74, 6) is 1.71. The molecule has 1 fully saturated rings. The summed E-state index contributed by atoms with van der Waals surface area (Å²) >= 11 is 1.45. The highest BCUT2D eigenvalue weighted by molar-refractivity contribution is 7.09. The fourth-order valence-corrected chi connectivity index (χ4v) is 5.60. The van der Waals surface area contributed by atoms with Crippen molar-refractivity contribution in [2.75, 3.05) is 18.0 Å². The Morgan fingerprint density at radius 3 is 2.66 bits per heavy atom. The van der Waals surface area contributed by atoms with Gasteiger partial charge in [-0.15, -0.1) is 21.5 Å². The first kappa shape index (κ1) is 24.5. The van der Waals surface area contributed by atoms with Crippen LogP contribution in [-0.2, 0) is 6.54 Å². The number of hydrogen-bond acceptors (Lipinski definition) is 9. The van der Waals surface area contributed by atoms with E-state index < -0.39 is 6.23 Å². The number of aliphatic hydroxyl groups is 1. The van der Waals surface area contributed by atoms with Gasteiger partial charge in [-0.05, 0) is 36.6 Å². The first-order chi connectivity index (χ1) is 18.6. The Bertz CT molecular complexity index is 1460. The van der Waals surface area contributed by atoms with Gasteiger partial charge in [0.15, 0.2) is 12.0 Å². The topological polar surface area (TPSA) is 96.3 Å². The molecule has 1 saturated heterocycles. The monoisotopic (exact) mass is 527 g/mol. The van der Waals surface area contributed by atoms with E-state index in [2.05, 4.69) is 50.4 Å². The lowest BCUT2D eigenvalue weighted by Crippen LogP contribution is -2.46. The summed E-state index contributed by atoms with van der Waals surface area (Å²) < 4.78 is 7.41. The summed E-state index contributed by atoms with van der Waals surface area (Å²) in [6.07, 6.45) is 4.63. The molecule has 10 heteroatoms. The minimum Gasteiger partial charge on any atom is -0.421 e. The SMILES string of the molecule is Cc1nnc(-c2cccc(-n3ccc(N(C4CCN(Cc5ccccc5)CC4)C(O)c4nccs4)n3)c2)o1. The van der Waals surface area contributed by atoms with Crippen LogP contribution in [0.2, 0.25) is 0 Å². The van der Waals surface area contributed by atoms with Crippen molar-refractivity contribution >= 4 is 17.2 Å². The van der Waals surface area contributed by atoms with Crippen LogP contribution in [0.15, 0.2) is 82.9 Å². The molecular weight excluding hydrogens is 498 g/mol. The van der Waals surface area contributed by atoms with Crippen LogP contribution in [0.5, 0.6) is 0 Å². The van der Waals surface area contributed by atoms with E-state index in [9.17, 15) is 5.11 Å². The second kappa shape index (κ2) is 10.9. The van der Waals surface area contributed by atoms with Crippen LogP contribution in [0.1, 0.15) is 35.5 Å². The van der Waals surface area contributed by atoms with Gasteiger partial charge in [-0.3, -0.25) is 4.90 Å². The molecule has 0 amide bonds. The Morgan fingerprint density at radius 1 is 1.08 bits per heavy atom. The fourth-order valence-electron chi connectivity index (χ4n) is 4.98. The van der Waals surface area contributed by atoms with E-state index in [0.717, 1.165) is 43.7 Å². The van der Waals surface area contributed by atoms with Gasteiger partial charge in [0.1, 0.15) is 5.01 Å². The summed E-state index contributed by atoms with van der Waals surface area (Å²) in [5.41, 5.74) is 3.01. The Kier molecular flexibility index (Phi) is 7.00. The number of piperidine rings is 1. The quantitative estimate of drug-likeness (QED) is 0.286. The lowest BCUT2D eigenvalue weighted by Gasteiger charge is -2.40. The second-order valence-electron chi connectivity index (χ2n) is 9.44. The molecule has 6 rings (SSSR count). The molecule has 2 aromatic carbocycles. The number of anilines is 1. The Labute approximate surface area is 225 Å². The number of rotatable bonds is 8. The maximum absolute atomic E-state index is 11.4. The number of thiazole rings is 1. The summed E-state index contributed by atoms with van der Waals surface area (Å²) in [6, 6.07) is 20.5. The maximum Gasteiger partial charge on any atom is 0.247 e. The summed E-state index contributed by atoms with van der Waals surface area (Å²) in [5, 5.41) is 27.0. The number of aliphatic hydroxyl groups excluding tert-OH is 1. The number of hydrogen-bond donors (Lipinski definition) is 1. The van der Waals surface area contributed by atoms with Gasteiger partial charge in [-0.25, -0.2) is 9.67 Å². The summed E-state index contributed by atoms with van der Waals surface area (Å²) in [6.45, 7) is 4.61. The molecule has 0 spiro atoms. The first-order valence-electron chi connectivity index (χ1n) is 12.7. The number of aromatic nitrogens is 5. The molecule has 3 aromatic heterocycles. The number of likely N-dealkylation sites (tertiary alicyclic amines) is 1. The molecule has 0 bridgehead atoms. The van der Waals surface area contributed by atoms with Crippen molar-refractivity contribution in [3.8, 4) is 17.1 Å². The van der Waals surface area contributed by atoms with Crippen LogP contribution in [-0.4, -0.2) is 54.1 Å². The molecular formula is C28H29N7O2S. The van der Waals surface area contributed by atoms with Gasteiger partial charge in [0.2, 0.25) is 11.8 Å². The van der Waals surface area contributed by atoms with Crippen LogP contribution in [0.3, 0.4) is 0 Å². The molecule has 1 atom stereocenters. The summed E-state index contributed by atoms with van der Waals surface area (Å²) in [7, 11) is 0. The zero-order chi connectivity index (χ0) is 25.9. The maximum atomic E-state index is 11.4. The fraction of sp³-hybridized carbons (Fsp3) is 0.286. The third-order valence-electron chi connectivity index (χ3n) is 6.86. The highest BCUT2D eigenvalue weighted by atomic mass is 32.1.